The van der Waals surface area contributed by atoms with E-state index in [1.165, 1.54) is 49.2 Å². The molecule has 1 aliphatic carbocycles. The van der Waals surface area contributed by atoms with Gasteiger partial charge in [-0.15, -0.1) is 12.4 Å². The van der Waals surface area contributed by atoms with E-state index in [1.54, 1.807) is 0 Å². The summed E-state index contributed by atoms with van der Waals surface area (Å²) in [6, 6.07) is 13.4. The highest BCUT2D eigenvalue weighted by Crippen LogP contribution is 2.47. The number of nitrogens with one attached hydrogen (secondary N) is 1. The normalized spacial score (nSPS) is 22.0. The first kappa shape index (κ1) is 23.5. The first-order valence-corrected chi connectivity index (χ1v) is 11.9. The smallest absolute Gasteiger partial charge is 0.127 e. The summed E-state index contributed by atoms with van der Waals surface area (Å²) >= 11 is 0. The molecule has 2 fully saturated rings. The molecular formula is C26H37ClN4O. The van der Waals surface area contributed by atoms with E-state index >= 15 is 0 Å². The van der Waals surface area contributed by atoms with Gasteiger partial charge in [-0.1, -0.05) is 30.3 Å². The zero-order valence-electron chi connectivity index (χ0n) is 19.4. The topological polar surface area (TPSA) is 40.6 Å². The second kappa shape index (κ2) is 10.1. The Morgan fingerprint density at radius 2 is 1.94 bits per heavy atom. The lowest BCUT2D eigenvalue weighted by atomic mass is 9.63. The molecule has 5 rings (SSSR count). The maximum atomic E-state index is 6.63. The van der Waals surface area contributed by atoms with Crippen molar-refractivity contribution in [1.82, 2.24) is 20.1 Å². The summed E-state index contributed by atoms with van der Waals surface area (Å²) in [5.74, 6) is 1.09. The summed E-state index contributed by atoms with van der Waals surface area (Å²) < 4.78 is 6.63. The van der Waals surface area contributed by atoms with Crippen LogP contribution in [0, 0.1) is 5.41 Å². The number of pyridine rings is 1. The summed E-state index contributed by atoms with van der Waals surface area (Å²) in [6.45, 7) is 5.49. The van der Waals surface area contributed by atoms with E-state index in [2.05, 4.69) is 65.6 Å². The molecule has 6 heteroatoms. The number of halogens is 1. The summed E-state index contributed by atoms with van der Waals surface area (Å²) in [5.41, 5.74) is 4.52. The van der Waals surface area contributed by atoms with Crippen molar-refractivity contribution >= 4 is 12.4 Å². The van der Waals surface area contributed by atoms with Crippen molar-refractivity contribution in [3.8, 4) is 5.75 Å². The minimum atomic E-state index is 0. The zero-order chi connectivity index (χ0) is 21.3. The lowest BCUT2D eigenvalue weighted by Gasteiger charge is -2.54. The van der Waals surface area contributed by atoms with Gasteiger partial charge in [0.2, 0.25) is 0 Å². The highest BCUT2D eigenvalue weighted by molar-refractivity contribution is 5.85. The molecule has 1 saturated heterocycles. The average molecular weight is 457 g/mol. The van der Waals surface area contributed by atoms with Crippen molar-refractivity contribution in [2.75, 3.05) is 40.3 Å². The number of rotatable bonds is 8. The van der Waals surface area contributed by atoms with Gasteiger partial charge in [0.15, 0.2) is 0 Å². The molecule has 1 saturated carbocycles. The molecule has 1 N–H and O–H groups in total. The van der Waals surface area contributed by atoms with Gasteiger partial charge in [0.05, 0.1) is 11.8 Å². The molecule has 0 bridgehead atoms. The van der Waals surface area contributed by atoms with Gasteiger partial charge in [-0.05, 0) is 58.0 Å². The van der Waals surface area contributed by atoms with E-state index in [0.717, 1.165) is 38.2 Å². The van der Waals surface area contributed by atoms with Gasteiger partial charge < -0.3 is 15.0 Å². The molecule has 1 atom stereocenters. The van der Waals surface area contributed by atoms with E-state index in [0.29, 0.717) is 17.6 Å². The maximum Gasteiger partial charge on any atom is 0.127 e. The van der Waals surface area contributed by atoms with E-state index < -0.39 is 0 Å². The van der Waals surface area contributed by atoms with E-state index in [9.17, 15) is 0 Å². The van der Waals surface area contributed by atoms with E-state index in [4.69, 9.17) is 9.72 Å². The maximum absolute atomic E-state index is 6.63. The van der Waals surface area contributed by atoms with Crippen LogP contribution in [0.3, 0.4) is 0 Å². The predicted octanol–water partition coefficient (Wildman–Crippen LogP) is 4.08. The Kier molecular flexibility index (Phi) is 7.40. The number of hydrogen-bond donors (Lipinski definition) is 1. The Hall–Kier alpha value is -1.66. The quantitative estimate of drug-likeness (QED) is 0.648. The van der Waals surface area contributed by atoms with Crippen LogP contribution in [0.15, 0.2) is 42.6 Å². The number of fused-ring (bicyclic) bond motifs is 1. The van der Waals surface area contributed by atoms with Gasteiger partial charge in [0.1, 0.15) is 5.75 Å². The van der Waals surface area contributed by atoms with Gasteiger partial charge in [-0.2, -0.15) is 0 Å². The van der Waals surface area contributed by atoms with Crippen LogP contribution in [0.1, 0.15) is 48.5 Å². The van der Waals surface area contributed by atoms with Crippen LogP contribution in [0.5, 0.6) is 5.75 Å². The molecule has 2 aromatic rings. The van der Waals surface area contributed by atoms with Crippen molar-refractivity contribution in [1.29, 1.82) is 0 Å². The van der Waals surface area contributed by atoms with Gasteiger partial charge in [-0.25, -0.2) is 0 Å². The molecule has 0 radical (unpaired) electrons. The lowest BCUT2D eigenvalue weighted by Crippen LogP contribution is -2.62. The van der Waals surface area contributed by atoms with E-state index in [-0.39, 0.29) is 12.4 Å². The Bertz CT molecular complexity index is 879. The van der Waals surface area contributed by atoms with Crippen LogP contribution in [0.25, 0.3) is 0 Å². The molecule has 1 spiro atoms. The number of nitrogens with zero attached hydrogens (tertiary/aromatic N) is 3. The molecule has 1 unspecified atom stereocenters. The van der Waals surface area contributed by atoms with Gasteiger partial charge >= 0.3 is 0 Å². The fourth-order valence-electron chi connectivity index (χ4n) is 5.61. The van der Waals surface area contributed by atoms with Crippen LogP contribution in [-0.4, -0.2) is 61.2 Å². The van der Waals surface area contributed by atoms with Crippen LogP contribution < -0.4 is 10.1 Å². The average Bonchev–Trinajstić information content (AvgIpc) is 2.71. The van der Waals surface area contributed by atoms with Crippen molar-refractivity contribution < 1.29 is 4.74 Å². The predicted molar refractivity (Wildman–Crippen MR) is 132 cm³/mol. The summed E-state index contributed by atoms with van der Waals surface area (Å²) in [5, 5.41) is 3.43. The third kappa shape index (κ3) is 4.96. The molecule has 1 aromatic carbocycles. The fourth-order valence-corrected chi connectivity index (χ4v) is 5.61. The van der Waals surface area contributed by atoms with Crippen LogP contribution in [0.4, 0.5) is 0 Å². The van der Waals surface area contributed by atoms with Gasteiger partial charge in [0.25, 0.3) is 0 Å². The Balaban J connectivity index is 0.00000245. The van der Waals surface area contributed by atoms with Crippen LogP contribution in [-0.2, 0) is 13.0 Å². The van der Waals surface area contributed by atoms with Crippen molar-refractivity contribution in [2.45, 2.75) is 50.8 Å². The second-order valence-corrected chi connectivity index (χ2v) is 10.1. The summed E-state index contributed by atoms with van der Waals surface area (Å²) in [7, 11) is 4.32. The Morgan fingerprint density at radius 1 is 1.16 bits per heavy atom. The summed E-state index contributed by atoms with van der Waals surface area (Å²) in [6.07, 6.45) is 8.01. The largest absolute Gasteiger partial charge is 0.490 e. The van der Waals surface area contributed by atoms with Crippen molar-refractivity contribution in [3.05, 3.63) is 59.4 Å². The molecular weight excluding hydrogens is 420 g/mol. The van der Waals surface area contributed by atoms with Crippen LogP contribution >= 0.6 is 12.4 Å². The zero-order valence-corrected chi connectivity index (χ0v) is 20.2. The molecule has 5 nitrogen and oxygen atoms in total. The molecule has 3 aliphatic rings. The number of aromatic nitrogens is 1. The Labute approximate surface area is 199 Å². The first-order chi connectivity index (χ1) is 15.1. The minimum absolute atomic E-state index is 0. The monoisotopic (exact) mass is 456 g/mol. The highest BCUT2D eigenvalue weighted by atomic mass is 35.5. The third-order valence-corrected chi connectivity index (χ3v) is 7.37. The number of ether oxygens (including phenoxy) is 1. The molecule has 2 aliphatic heterocycles. The molecule has 0 amide bonds. The number of hydrogen-bond acceptors (Lipinski definition) is 5. The van der Waals surface area contributed by atoms with Gasteiger partial charge in [0, 0.05) is 55.8 Å². The molecule has 1 aromatic heterocycles. The highest BCUT2D eigenvalue weighted by Gasteiger charge is 2.50. The van der Waals surface area contributed by atoms with Gasteiger partial charge in [-0.3, -0.25) is 9.88 Å². The number of benzene rings is 1. The van der Waals surface area contributed by atoms with Crippen molar-refractivity contribution in [2.24, 2.45) is 5.41 Å². The summed E-state index contributed by atoms with van der Waals surface area (Å²) in [4.78, 5) is 9.73. The standard InChI is InChI=1S/C26H36N4O.ClH/c1-29(2)13-6-9-23-25-22(11-14-30(23)17-20-7-4-3-5-8-20)28-12-10-24(25)31-21-15-26(16-21)18-27-19-26;/h3-5,7-8,10,12,21,23,27H,6,9,11,13-19H2,1-2H3;1H. The molecule has 174 valence electrons. The first-order valence-electron chi connectivity index (χ1n) is 11.9. The third-order valence-electron chi connectivity index (χ3n) is 7.37. The Morgan fingerprint density at radius 3 is 2.62 bits per heavy atom. The molecule has 3 heterocycles. The van der Waals surface area contributed by atoms with Crippen molar-refractivity contribution in [3.63, 3.8) is 0 Å². The lowest BCUT2D eigenvalue weighted by molar-refractivity contribution is -0.0506. The molecule has 32 heavy (non-hydrogen) atoms. The SMILES string of the molecule is CN(C)CCCC1c2c(OC3CC4(CNC4)C3)ccnc2CCN1Cc1ccccc1.Cl. The fraction of sp³-hybridized carbons (Fsp3) is 0.577. The minimum Gasteiger partial charge on any atom is -0.490 e. The van der Waals surface area contributed by atoms with E-state index in [1.807, 2.05) is 6.20 Å². The second-order valence-electron chi connectivity index (χ2n) is 10.1. The van der Waals surface area contributed by atoms with Crippen LogP contribution in [0.2, 0.25) is 0 Å².